The van der Waals surface area contributed by atoms with E-state index in [1.165, 1.54) is 0 Å². The maximum absolute atomic E-state index is 12.7. The first kappa shape index (κ1) is 30.0. The number of carbonyl (C=O) groups is 4. The Morgan fingerprint density at radius 1 is 1.05 bits per heavy atom. The third-order valence-corrected chi connectivity index (χ3v) is 8.98. The van der Waals surface area contributed by atoms with Crippen LogP contribution in [-0.4, -0.2) is 71.2 Å². The number of esters is 1. The molecule has 13 heteroatoms. The van der Waals surface area contributed by atoms with Gasteiger partial charge in [-0.1, -0.05) is 13.8 Å². The molecule has 2 bridgehead atoms. The van der Waals surface area contributed by atoms with Gasteiger partial charge in [0.15, 0.2) is 11.9 Å². The van der Waals surface area contributed by atoms with E-state index in [1.807, 2.05) is 13.8 Å². The first-order valence-electron chi connectivity index (χ1n) is 13.8. The molecule has 1 saturated carbocycles. The Morgan fingerprint density at radius 3 is 2.54 bits per heavy atom. The lowest BCUT2D eigenvalue weighted by Crippen LogP contribution is -2.70. The molecule has 0 aromatic rings. The molecule has 5 fully saturated rings. The van der Waals surface area contributed by atoms with E-state index >= 15 is 0 Å². The van der Waals surface area contributed by atoms with Crippen LogP contribution in [0.15, 0.2) is 0 Å². The zero-order valence-electron chi connectivity index (χ0n) is 22.7. The van der Waals surface area contributed by atoms with Crippen molar-refractivity contribution in [3.63, 3.8) is 0 Å². The summed E-state index contributed by atoms with van der Waals surface area (Å²) < 4.78 is 18.2. The Hall–Kier alpha value is -1.93. The highest BCUT2D eigenvalue weighted by molar-refractivity contribution is 7.80. The van der Waals surface area contributed by atoms with Crippen molar-refractivity contribution >= 4 is 36.4 Å². The van der Waals surface area contributed by atoms with Crippen molar-refractivity contribution in [2.75, 3.05) is 12.3 Å². The monoisotopic (exact) mass is 572 g/mol. The number of rotatable bonds is 11. The topological polar surface area (TPSA) is 159 Å². The number of carboxylic acids is 1. The summed E-state index contributed by atoms with van der Waals surface area (Å²) in [5, 5.41) is 14.0. The Bertz CT molecular complexity index is 952. The van der Waals surface area contributed by atoms with Gasteiger partial charge < -0.3 is 30.0 Å². The van der Waals surface area contributed by atoms with Crippen molar-refractivity contribution < 1.29 is 48.3 Å². The molecule has 2 amide bonds. The second-order valence-electron chi connectivity index (χ2n) is 11.4. The molecule has 0 aromatic heterocycles. The van der Waals surface area contributed by atoms with E-state index in [0.717, 1.165) is 19.3 Å². The van der Waals surface area contributed by atoms with E-state index in [4.69, 9.17) is 29.1 Å². The zero-order valence-corrected chi connectivity index (χ0v) is 23.6. The van der Waals surface area contributed by atoms with E-state index < -0.39 is 47.9 Å². The van der Waals surface area contributed by atoms with Crippen LogP contribution in [0.3, 0.4) is 0 Å². The predicted octanol–water partition coefficient (Wildman–Crippen LogP) is 1.91. The summed E-state index contributed by atoms with van der Waals surface area (Å²) in [4.78, 5) is 59.5. The van der Waals surface area contributed by atoms with Gasteiger partial charge in [0.1, 0.15) is 6.04 Å². The molecule has 3 N–H and O–H groups in total. The van der Waals surface area contributed by atoms with Crippen LogP contribution in [0.2, 0.25) is 0 Å². The first-order chi connectivity index (χ1) is 18.5. The summed E-state index contributed by atoms with van der Waals surface area (Å²) in [5.74, 6) is -2.93. The number of nitrogens with one attached hydrogen (secondary N) is 2. The molecule has 39 heavy (non-hydrogen) atoms. The van der Waals surface area contributed by atoms with Gasteiger partial charge in [0, 0.05) is 43.4 Å². The second kappa shape index (κ2) is 12.3. The van der Waals surface area contributed by atoms with Crippen LogP contribution in [0, 0.1) is 23.7 Å². The van der Waals surface area contributed by atoms with Gasteiger partial charge in [-0.05, 0) is 44.4 Å². The van der Waals surface area contributed by atoms with Gasteiger partial charge in [-0.3, -0.25) is 14.4 Å². The van der Waals surface area contributed by atoms with E-state index in [9.17, 15) is 19.2 Å². The maximum Gasteiger partial charge on any atom is 0.327 e. The molecule has 4 saturated heterocycles. The van der Waals surface area contributed by atoms with E-state index in [2.05, 4.69) is 30.2 Å². The number of hydrogen-bond acceptors (Lipinski definition) is 10. The fraction of sp³-hybridized carbons (Fsp3) is 0.846. The fourth-order valence-corrected chi connectivity index (χ4v) is 6.68. The van der Waals surface area contributed by atoms with Crippen molar-refractivity contribution in [1.29, 1.82) is 0 Å². The van der Waals surface area contributed by atoms with Gasteiger partial charge in [0.25, 0.3) is 0 Å². The average molecular weight is 573 g/mol. The molecular weight excluding hydrogens is 532 g/mol. The fourth-order valence-electron chi connectivity index (χ4n) is 6.43. The van der Waals surface area contributed by atoms with Crippen molar-refractivity contribution in [2.24, 2.45) is 23.7 Å². The van der Waals surface area contributed by atoms with E-state index in [-0.39, 0.29) is 55.2 Å². The van der Waals surface area contributed by atoms with E-state index in [1.54, 1.807) is 0 Å². The van der Waals surface area contributed by atoms with Crippen LogP contribution in [-0.2, 0) is 43.2 Å². The number of amides is 2. The van der Waals surface area contributed by atoms with Gasteiger partial charge in [0.05, 0.1) is 6.42 Å². The number of aliphatic carboxylic acids is 1. The van der Waals surface area contributed by atoms with Gasteiger partial charge in [-0.15, -0.1) is 0 Å². The number of thiol groups is 1. The highest BCUT2D eigenvalue weighted by atomic mass is 32.1. The SMILES string of the molecule is C[C@@H]1[C@H](OC(=O)CCC(=O)NCCCC(=O)N[C@H](CS)C(=O)O)O[C@H]2O[C@@]3(C)CC[C@H]4[C@H](C)CC[C@@H]1[C@@]24OO3. The lowest BCUT2D eigenvalue weighted by molar-refractivity contribution is -0.576. The molecule has 1 spiro atoms. The molecule has 1 aliphatic carbocycles. The third-order valence-electron chi connectivity index (χ3n) is 8.62. The quantitative estimate of drug-likeness (QED) is 0.125. The van der Waals surface area contributed by atoms with Crippen LogP contribution in [0.1, 0.15) is 72.1 Å². The normalized spacial score (nSPS) is 37.6. The zero-order chi connectivity index (χ0) is 28.4. The maximum atomic E-state index is 12.7. The molecule has 4 aliphatic heterocycles. The number of carbonyl (C=O) groups excluding carboxylic acids is 3. The smallest absolute Gasteiger partial charge is 0.327 e. The molecule has 4 heterocycles. The Balaban J connectivity index is 1.23. The summed E-state index contributed by atoms with van der Waals surface area (Å²) in [6, 6.07) is -1.06. The number of fused-ring (bicyclic) bond motifs is 2. The average Bonchev–Trinajstić information content (AvgIpc) is 3.12. The molecule has 220 valence electrons. The largest absolute Gasteiger partial charge is 0.480 e. The highest BCUT2D eigenvalue weighted by Crippen LogP contribution is 2.60. The van der Waals surface area contributed by atoms with Crippen LogP contribution >= 0.6 is 12.6 Å². The summed E-state index contributed by atoms with van der Waals surface area (Å²) in [5.41, 5.74) is -0.742. The van der Waals surface area contributed by atoms with Crippen molar-refractivity contribution in [3.8, 4) is 0 Å². The van der Waals surface area contributed by atoms with Crippen LogP contribution in [0.25, 0.3) is 0 Å². The van der Waals surface area contributed by atoms with Crippen molar-refractivity contribution in [1.82, 2.24) is 10.6 Å². The van der Waals surface area contributed by atoms with Gasteiger partial charge in [-0.25, -0.2) is 14.6 Å². The highest BCUT2D eigenvalue weighted by Gasteiger charge is 2.69. The van der Waals surface area contributed by atoms with Crippen molar-refractivity contribution in [3.05, 3.63) is 0 Å². The molecule has 12 nitrogen and oxygen atoms in total. The number of ether oxygens (including phenoxy) is 3. The summed E-state index contributed by atoms with van der Waals surface area (Å²) in [6.07, 6.45) is 2.13. The third kappa shape index (κ3) is 6.37. The van der Waals surface area contributed by atoms with Crippen LogP contribution < -0.4 is 10.6 Å². The summed E-state index contributed by atoms with van der Waals surface area (Å²) >= 11 is 3.89. The molecule has 9 atom stereocenters. The van der Waals surface area contributed by atoms with Crippen LogP contribution in [0.4, 0.5) is 0 Å². The van der Waals surface area contributed by atoms with E-state index in [0.29, 0.717) is 18.8 Å². The first-order valence-corrected chi connectivity index (χ1v) is 14.4. The molecular formula is C26H40N2O10S. The van der Waals surface area contributed by atoms with Crippen molar-refractivity contribution in [2.45, 2.75) is 102 Å². The lowest BCUT2D eigenvalue weighted by Gasteiger charge is -2.59. The molecule has 0 radical (unpaired) electrons. The summed E-state index contributed by atoms with van der Waals surface area (Å²) in [7, 11) is 0. The standard InChI is InChI=1S/C26H40N2O10S/c1-14-6-7-17-15(2)23(35-24-26(17)16(14)10-11-25(3,36-24)37-38-26)34-21(31)9-8-19(29)27-12-4-5-20(30)28-18(13-39)22(32)33/h14-18,23-24,39H,4-13H2,1-3H3,(H,27,29)(H,28,30)(H,32,33)/t14-,15+,16+,17+,18-,23-,24+,25-,26-/m1/s1. The number of carboxylic acid groups (broad SMARTS) is 1. The molecule has 5 rings (SSSR count). The Labute approximate surface area is 233 Å². The molecule has 0 unspecified atom stereocenters. The van der Waals surface area contributed by atoms with Gasteiger partial charge in [-0.2, -0.15) is 12.6 Å². The minimum Gasteiger partial charge on any atom is -0.480 e. The van der Waals surface area contributed by atoms with Gasteiger partial charge in [0.2, 0.25) is 23.9 Å². The Morgan fingerprint density at radius 2 is 1.82 bits per heavy atom. The second-order valence-corrected chi connectivity index (χ2v) is 11.7. The minimum atomic E-state index is -1.16. The lowest BCUT2D eigenvalue weighted by atomic mass is 9.58. The predicted molar refractivity (Wildman–Crippen MR) is 138 cm³/mol. The number of hydrogen-bond donors (Lipinski definition) is 4. The Kier molecular flexibility index (Phi) is 9.47. The minimum absolute atomic E-state index is 0.0188. The molecule has 0 aromatic carbocycles. The van der Waals surface area contributed by atoms with Gasteiger partial charge >= 0.3 is 11.9 Å². The molecule has 5 aliphatic rings. The van der Waals surface area contributed by atoms with Crippen LogP contribution in [0.5, 0.6) is 0 Å². The summed E-state index contributed by atoms with van der Waals surface area (Å²) in [6.45, 7) is 6.26.